The standard InChI is InChI=1S/C11H16N4S3/c1-7(2)4-12-10-14-15-11(18-10)17-6-9-5-16-8(3)13-9/h5,7H,4,6H2,1-3H3,(H,12,14). The van der Waals surface area contributed by atoms with Crippen LogP contribution >= 0.6 is 34.4 Å². The molecule has 0 amide bonds. The molecule has 7 heteroatoms. The van der Waals surface area contributed by atoms with Gasteiger partial charge in [-0.2, -0.15) is 0 Å². The van der Waals surface area contributed by atoms with Crippen molar-refractivity contribution in [3.8, 4) is 0 Å². The predicted molar refractivity (Wildman–Crippen MR) is 79.6 cm³/mol. The number of anilines is 1. The van der Waals surface area contributed by atoms with Gasteiger partial charge in [0.25, 0.3) is 0 Å². The third-order valence-corrected chi connectivity index (χ3v) is 4.95. The average molecular weight is 300 g/mol. The van der Waals surface area contributed by atoms with Crippen molar-refractivity contribution in [3.63, 3.8) is 0 Å². The van der Waals surface area contributed by atoms with Gasteiger partial charge in [0, 0.05) is 17.7 Å². The summed E-state index contributed by atoms with van der Waals surface area (Å²) in [5.74, 6) is 1.48. The van der Waals surface area contributed by atoms with Gasteiger partial charge < -0.3 is 5.32 Å². The summed E-state index contributed by atoms with van der Waals surface area (Å²) < 4.78 is 0.993. The van der Waals surface area contributed by atoms with Gasteiger partial charge in [-0.1, -0.05) is 36.9 Å². The van der Waals surface area contributed by atoms with E-state index in [-0.39, 0.29) is 0 Å². The second-order valence-corrected chi connectivity index (χ2v) is 7.56. The average Bonchev–Trinajstić information content (AvgIpc) is 2.93. The van der Waals surface area contributed by atoms with Gasteiger partial charge in [-0.15, -0.1) is 21.5 Å². The number of rotatable bonds is 6. The molecule has 0 aliphatic carbocycles. The molecule has 2 heterocycles. The highest BCUT2D eigenvalue weighted by Gasteiger charge is 2.06. The summed E-state index contributed by atoms with van der Waals surface area (Å²) in [5, 5.41) is 15.7. The minimum atomic E-state index is 0.614. The quantitative estimate of drug-likeness (QED) is 0.825. The fraction of sp³-hybridized carbons (Fsp3) is 0.545. The fourth-order valence-corrected chi connectivity index (χ4v) is 3.61. The zero-order valence-corrected chi connectivity index (χ0v) is 13.1. The van der Waals surface area contributed by atoms with Crippen molar-refractivity contribution in [2.45, 2.75) is 30.9 Å². The molecule has 0 aromatic carbocycles. The van der Waals surface area contributed by atoms with Crippen LogP contribution in [0.4, 0.5) is 5.13 Å². The molecule has 0 spiro atoms. The number of thioether (sulfide) groups is 1. The lowest BCUT2D eigenvalue weighted by atomic mass is 10.2. The summed E-state index contributed by atoms with van der Waals surface area (Å²) in [4.78, 5) is 4.43. The van der Waals surface area contributed by atoms with E-state index in [1.807, 2.05) is 6.92 Å². The molecule has 98 valence electrons. The van der Waals surface area contributed by atoms with Crippen LogP contribution < -0.4 is 5.32 Å². The SMILES string of the molecule is Cc1nc(CSc2nnc(NCC(C)C)s2)cs1. The first-order chi connectivity index (χ1) is 8.63. The fourth-order valence-electron chi connectivity index (χ4n) is 1.24. The summed E-state index contributed by atoms with van der Waals surface area (Å²) >= 11 is 4.98. The Morgan fingerprint density at radius 1 is 1.39 bits per heavy atom. The van der Waals surface area contributed by atoms with E-state index >= 15 is 0 Å². The van der Waals surface area contributed by atoms with Gasteiger partial charge in [0.2, 0.25) is 5.13 Å². The number of hydrogen-bond acceptors (Lipinski definition) is 7. The third-order valence-electron chi connectivity index (χ3n) is 2.08. The molecule has 1 N–H and O–H groups in total. The zero-order chi connectivity index (χ0) is 13.0. The second kappa shape index (κ2) is 6.49. The van der Waals surface area contributed by atoms with Crippen LogP contribution in [-0.2, 0) is 5.75 Å². The lowest BCUT2D eigenvalue weighted by Gasteiger charge is -2.03. The maximum Gasteiger partial charge on any atom is 0.206 e. The maximum atomic E-state index is 4.43. The molecule has 2 rings (SSSR count). The second-order valence-electron chi connectivity index (χ2n) is 4.29. The molecule has 0 aliphatic heterocycles. The van der Waals surface area contributed by atoms with Crippen LogP contribution in [0, 0.1) is 12.8 Å². The van der Waals surface area contributed by atoms with Gasteiger partial charge >= 0.3 is 0 Å². The maximum absolute atomic E-state index is 4.43. The van der Waals surface area contributed by atoms with Gasteiger partial charge in [0.05, 0.1) is 10.7 Å². The van der Waals surface area contributed by atoms with Crippen molar-refractivity contribution in [2.24, 2.45) is 5.92 Å². The molecule has 0 saturated heterocycles. The zero-order valence-electron chi connectivity index (χ0n) is 10.6. The van der Waals surface area contributed by atoms with Crippen molar-refractivity contribution < 1.29 is 0 Å². The Hall–Kier alpha value is -0.660. The first-order valence-electron chi connectivity index (χ1n) is 5.74. The van der Waals surface area contributed by atoms with E-state index in [0.717, 1.165) is 32.5 Å². The third kappa shape index (κ3) is 4.22. The monoisotopic (exact) mass is 300 g/mol. The van der Waals surface area contributed by atoms with E-state index in [2.05, 4.69) is 39.7 Å². The Morgan fingerprint density at radius 2 is 2.22 bits per heavy atom. The molecular formula is C11H16N4S3. The number of nitrogens with one attached hydrogen (secondary N) is 1. The molecule has 0 bridgehead atoms. The van der Waals surface area contributed by atoms with Crippen LogP contribution in [0.25, 0.3) is 0 Å². The Kier molecular flexibility index (Phi) is 4.96. The molecular weight excluding hydrogens is 284 g/mol. The lowest BCUT2D eigenvalue weighted by Crippen LogP contribution is -2.07. The molecule has 0 fully saturated rings. The number of nitrogens with zero attached hydrogens (tertiary/aromatic N) is 3. The summed E-state index contributed by atoms with van der Waals surface area (Å²) in [6.45, 7) is 7.31. The highest BCUT2D eigenvalue weighted by Crippen LogP contribution is 2.28. The van der Waals surface area contributed by atoms with Crippen LogP contribution in [0.3, 0.4) is 0 Å². The van der Waals surface area contributed by atoms with E-state index in [0.29, 0.717) is 5.92 Å². The Bertz CT molecular complexity index is 492. The minimum absolute atomic E-state index is 0.614. The number of thiazole rings is 1. The van der Waals surface area contributed by atoms with Gasteiger partial charge in [-0.3, -0.25) is 0 Å². The van der Waals surface area contributed by atoms with Crippen LogP contribution in [0.15, 0.2) is 9.72 Å². The molecule has 0 atom stereocenters. The first kappa shape index (κ1) is 13.8. The Balaban J connectivity index is 1.83. The summed E-state index contributed by atoms with van der Waals surface area (Å²) in [5.41, 5.74) is 1.12. The van der Waals surface area contributed by atoms with Crippen LogP contribution in [-0.4, -0.2) is 21.7 Å². The van der Waals surface area contributed by atoms with Gasteiger partial charge in [0.1, 0.15) is 0 Å². The highest BCUT2D eigenvalue weighted by molar-refractivity contribution is 8.00. The van der Waals surface area contributed by atoms with E-state index in [4.69, 9.17) is 0 Å². The van der Waals surface area contributed by atoms with E-state index in [1.54, 1.807) is 34.4 Å². The van der Waals surface area contributed by atoms with Gasteiger partial charge in [0.15, 0.2) is 4.34 Å². The summed E-state index contributed by atoms with van der Waals surface area (Å²) in [6, 6.07) is 0. The number of hydrogen-bond donors (Lipinski definition) is 1. The molecule has 0 saturated carbocycles. The molecule has 0 radical (unpaired) electrons. The molecule has 18 heavy (non-hydrogen) atoms. The smallest absolute Gasteiger partial charge is 0.206 e. The number of aromatic nitrogens is 3. The first-order valence-corrected chi connectivity index (χ1v) is 8.43. The number of aryl methyl sites for hydroxylation is 1. The molecule has 0 aliphatic rings. The minimum Gasteiger partial charge on any atom is -0.360 e. The largest absolute Gasteiger partial charge is 0.360 e. The molecule has 2 aromatic rings. The highest BCUT2D eigenvalue weighted by atomic mass is 32.2. The van der Waals surface area contributed by atoms with Gasteiger partial charge in [-0.25, -0.2) is 4.98 Å². The van der Waals surface area contributed by atoms with Crippen LogP contribution in [0.5, 0.6) is 0 Å². The normalized spacial score (nSPS) is 11.1. The van der Waals surface area contributed by atoms with E-state index in [9.17, 15) is 0 Å². The summed E-state index contributed by atoms with van der Waals surface area (Å²) in [6.07, 6.45) is 0. The summed E-state index contributed by atoms with van der Waals surface area (Å²) in [7, 11) is 0. The predicted octanol–water partition coefficient (Wildman–Crippen LogP) is 3.66. The van der Waals surface area contributed by atoms with E-state index in [1.165, 1.54) is 0 Å². The van der Waals surface area contributed by atoms with E-state index < -0.39 is 0 Å². The molecule has 0 unspecified atom stereocenters. The van der Waals surface area contributed by atoms with Crippen molar-refractivity contribution in [1.29, 1.82) is 0 Å². The van der Waals surface area contributed by atoms with Crippen molar-refractivity contribution in [1.82, 2.24) is 15.2 Å². The van der Waals surface area contributed by atoms with Crippen molar-refractivity contribution in [2.75, 3.05) is 11.9 Å². The Morgan fingerprint density at radius 3 is 2.89 bits per heavy atom. The van der Waals surface area contributed by atoms with Crippen molar-refractivity contribution >= 4 is 39.6 Å². The molecule has 2 aromatic heterocycles. The lowest BCUT2D eigenvalue weighted by molar-refractivity contribution is 0.687. The van der Waals surface area contributed by atoms with Crippen LogP contribution in [0.1, 0.15) is 24.5 Å². The Labute approximate surface area is 119 Å². The molecule has 4 nitrogen and oxygen atoms in total. The van der Waals surface area contributed by atoms with Gasteiger partial charge in [-0.05, 0) is 12.8 Å². The topological polar surface area (TPSA) is 50.7 Å². The van der Waals surface area contributed by atoms with Crippen molar-refractivity contribution in [3.05, 3.63) is 16.1 Å². The van der Waals surface area contributed by atoms with Crippen LogP contribution in [0.2, 0.25) is 0 Å².